The maximum absolute atomic E-state index is 12.7. The van der Waals surface area contributed by atoms with Gasteiger partial charge in [0, 0.05) is 30.1 Å². The van der Waals surface area contributed by atoms with Crippen LogP contribution in [0, 0.1) is 6.92 Å². The van der Waals surface area contributed by atoms with Gasteiger partial charge in [-0.05, 0) is 50.4 Å². The van der Waals surface area contributed by atoms with Crippen LogP contribution in [0.2, 0.25) is 0 Å². The third-order valence-electron chi connectivity index (χ3n) is 4.25. The minimum atomic E-state index is 0.0989. The van der Waals surface area contributed by atoms with Crippen molar-refractivity contribution in [3.05, 3.63) is 40.2 Å². The molecule has 0 bridgehead atoms. The summed E-state index contributed by atoms with van der Waals surface area (Å²) in [6, 6.07) is 6.31. The molecule has 0 spiro atoms. The van der Waals surface area contributed by atoms with Gasteiger partial charge >= 0.3 is 0 Å². The van der Waals surface area contributed by atoms with E-state index < -0.39 is 0 Å². The van der Waals surface area contributed by atoms with Crippen LogP contribution in [-0.2, 0) is 0 Å². The Labute approximate surface area is 135 Å². The van der Waals surface area contributed by atoms with Crippen molar-refractivity contribution in [2.24, 2.45) is 0 Å². The van der Waals surface area contributed by atoms with Gasteiger partial charge in [0.2, 0.25) is 0 Å². The van der Waals surface area contributed by atoms with Crippen molar-refractivity contribution in [1.82, 2.24) is 15.2 Å². The lowest BCUT2D eigenvalue weighted by Gasteiger charge is -2.32. The molecule has 22 heavy (non-hydrogen) atoms. The summed E-state index contributed by atoms with van der Waals surface area (Å²) in [4.78, 5) is 19.3. The van der Waals surface area contributed by atoms with Crippen LogP contribution in [-0.4, -0.2) is 42.0 Å². The highest BCUT2D eigenvalue weighted by Gasteiger charge is 2.24. The molecule has 2 aromatic heterocycles. The highest BCUT2D eigenvalue weighted by molar-refractivity contribution is 7.08. The predicted octanol–water partition coefficient (Wildman–Crippen LogP) is 2.94. The average molecular weight is 315 g/mol. The van der Waals surface area contributed by atoms with E-state index in [0.29, 0.717) is 6.04 Å². The highest BCUT2D eigenvalue weighted by Crippen LogP contribution is 2.22. The summed E-state index contributed by atoms with van der Waals surface area (Å²) in [7, 11) is 1.96. The molecule has 1 fully saturated rings. The van der Waals surface area contributed by atoms with Crippen molar-refractivity contribution in [3.8, 4) is 11.3 Å². The smallest absolute Gasteiger partial charge is 0.255 e. The van der Waals surface area contributed by atoms with Crippen molar-refractivity contribution in [2.75, 3.05) is 20.1 Å². The lowest BCUT2D eigenvalue weighted by atomic mass is 10.0. The van der Waals surface area contributed by atoms with E-state index in [-0.39, 0.29) is 5.91 Å². The fraction of sp³-hybridized carbons (Fsp3) is 0.412. The molecule has 1 amide bonds. The Morgan fingerprint density at radius 3 is 2.95 bits per heavy atom. The number of nitrogens with zero attached hydrogens (tertiary/aromatic N) is 2. The van der Waals surface area contributed by atoms with Crippen molar-refractivity contribution >= 4 is 17.2 Å². The normalized spacial score (nSPS) is 18.5. The molecule has 1 atom stereocenters. The molecule has 4 nitrogen and oxygen atoms in total. The van der Waals surface area contributed by atoms with E-state index in [2.05, 4.69) is 21.7 Å². The number of carbonyl (C=O) groups is 1. The molecule has 1 aliphatic heterocycles. The first-order valence-corrected chi connectivity index (χ1v) is 8.60. The first kappa shape index (κ1) is 15.2. The molecule has 2 aromatic rings. The number of pyridine rings is 1. The van der Waals surface area contributed by atoms with Gasteiger partial charge in [-0.2, -0.15) is 11.3 Å². The fourth-order valence-electron chi connectivity index (χ4n) is 2.93. The Kier molecular flexibility index (Phi) is 4.55. The van der Waals surface area contributed by atoms with E-state index >= 15 is 0 Å². The molecular formula is C17H21N3OS. The first-order valence-electron chi connectivity index (χ1n) is 7.66. The van der Waals surface area contributed by atoms with Crippen molar-refractivity contribution in [1.29, 1.82) is 0 Å². The standard InChI is InChI=1S/C17H21N3OS/c1-12-15(5-6-16(19-12)13-7-9-22-11-13)17(21)20-8-3-4-14(10-20)18-2/h5-7,9,11,14,18H,3-4,8,10H2,1-2H3. The number of carbonyl (C=O) groups excluding carboxylic acids is 1. The van der Waals surface area contributed by atoms with Crippen LogP contribution >= 0.6 is 11.3 Å². The summed E-state index contributed by atoms with van der Waals surface area (Å²) in [6.45, 7) is 3.53. The van der Waals surface area contributed by atoms with Crippen LogP contribution in [0.15, 0.2) is 29.0 Å². The van der Waals surface area contributed by atoms with Gasteiger partial charge in [-0.25, -0.2) is 0 Å². The van der Waals surface area contributed by atoms with Crippen LogP contribution < -0.4 is 5.32 Å². The van der Waals surface area contributed by atoms with Crippen LogP contribution in [0.4, 0.5) is 0 Å². The van der Waals surface area contributed by atoms with Crippen LogP contribution in [0.1, 0.15) is 28.9 Å². The van der Waals surface area contributed by atoms with Crippen molar-refractivity contribution in [3.63, 3.8) is 0 Å². The summed E-state index contributed by atoms with van der Waals surface area (Å²) in [5.74, 6) is 0.0989. The Balaban J connectivity index is 1.81. The molecule has 0 radical (unpaired) electrons. The number of hydrogen-bond acceptors (Lipinski definition) is 4. The number of likely N-dealkylation sites (N-methyl/N-ethyl adjacent to an activating group) is 1. The van der Waals surface area contributed by atoms with E-state index in [0.717, 1.165) is 48.4 Å². The lowest BCUT2D eigenvalue weighted by Crippen LogP contribution is -2.47. The van der Waals surface area contributed by atoms with E-state index in [1.807, 2.05) is 36.4 Å². The molecular weight excluding hydrogens is 294 g/mol. The second kappa shape index (κ2) is 6.58. The number of aromatic nitrogens is 1. The molecule has 0 saturated carbocycles. The molecule has 116 valence electrons. The van der Waals surface area contributed by atoms with Crippen molar-refractivity contribution in [2.45, 2.75) is 25.8 Å². The van der Waals surface area contributed by atoms with E-state index in [1.165, 1.54) is 0 Å². The van der Waals surface area contributed by atoms with Crippen molar-refractivity contribution < 1.29 is 4.79 Å². The highest BCUT2D eigenvalue weighted by atomic mass is 32.1. The third-order valence-corrected chi connectivity index (χ3v) is 4.93. The Morgan fingerprint density at radius 2 is 2.27 bits per heavy atom. The molecule has 0 aromatic carbocycles. The molecule has 0 aliphatic carbocycles. The van der Waals surface area contributed by atoms with Crippen LogP contribution in [0.25, 0.3) is 11.3 Å². The van der Waals surface area contributed by atoms with Gasteiger partial charge in [-0.3, -0.25) is 9.78 Å². The van der Waals surface area contributed by atoms with Gasteiger partial charge in [0.1, 0.15) is 0 Å². The number of nitrogens with one attached hydrogen (secondary N) is 1. The summed E-state index contributed by atoms with van der Waals surface area (Å²) >= 11 is 1.65. The molecule has 1 unspecified atom stereocenters. The van der Waals surface area contributed by atoms with Gasteiger partial charge < -0.3 is 10.2 Å². The minimum absolute atomic E-state index is 0.0989. The van der Waals surface area contributed by atoms with Gasteiger partial charge in [0.25, 0.3) is 5.91 Å². The molecule has 1 aliphatic rings. The molecule has 3 heterocycles. The SMILES string of the molecule is CNC1CCCN(C(=O)c2ccc(-c3ccsc3)nc2C)C1. The van der Waals surface area contributed by atoms with Gasteiger partial charge in [0.15, 0.2) is 0 Å². The predicted molar refractivity (Wildman–Crippen MR) is 90.3 cm³/mol. The zero-order valence-electron chi connectivity index (χ0n) is 13.0. The number of thiophene rings is 1. The Bertz CT molecular complexity index is 654. The fourth-order valence-corrected chi connectivity index (χ4v) is 3.58. The van der Waals surface area contributed by atoms with Crippen LogP contribution in [0.3, 0.4) is 0 Å². The summed E-state index contributed by atoms with van der Waals surface area (Å²) in [5.41, 5.74) is 3.57. The van der Waals surface area contributed by atoms with E-state index in [4.69, 9.17) is 0 Å². The second-order valence-corrected chi connectivity index (χ2v) is 6.50. The number of aryl methyl sites for hydroxylation is 1. The van der Waals surface area contributed by atoms with E-state index in [1.54, 1.807) is 11.3 Å². The first-order chi connectivity index (χ1) is 10.7. The van der Waals surface area contributed by atoms with Gasteiger partial charge in [-0.15, -0.1) is 0 Å². The zero-order valence-corrected chi connectivity index (χ0v) is 13.8. The topological polar surface area (TPSA) is 45.2 Å². The van der Waals surface area contributed by atoms with Gasteiger partial charge in [-0.1, -0.05) is 0 Å². The third kappa shape index (κ3) is 3.05. The molecule has 1 saturated heterocycles. The maximum Gasteiger partial charge on any atom is 0.255 e. The average Bonchev–Trinajstić information content (AvgIpc) is 3.08. The minimum Gasteiger partial charge on any atom is -0.337 e. The largest absolute Gasteiger partial charge is 0.337 e. The lowest BCUT2D eigenvalue weighted by molar-refractivity contribution is 0.0697. The summed E-state index contributed by atoms with van der Waals surface area (Å²) in [6.07, 6.45) is 2.19. The molecule has 3 rings (SSSR count). The Morgan fingerprint density at radius 1 is 1.41 bits per heavy atom. The summed E-state index contributed by atoms with van der Waals surface area (Å²) < 4.78 is 0. The van der Waals surface area contributed by atoms with Gasteiger partial charge in [0.05, 0.1) is 17.0 Å². The maximum atomic E-state index is 12.7. The quantitative estimate of drug-likeness (QED) is 0.947. The van der Waals surface area contributed by atoms with Crippen LogP contribution in [0.5, 0.6) is 0 Å². The van der Waals surface area contributed by atoms with E-state index in [9.17, 15) is 4.79 Å². The number of rotatable bonds is 3. The summed E-state index contributed by atoms with van der Waals surface area (Å²) in [5, 5.41) is 7.39. The Hall–Kier alpha value is -1.72. The molecule has 5 heteroatoms. The molecule has 1 N–H and O–H groups in total. The number of hydrogen-bond donors (Lipinski definition) is 1. The second-order valence-electron chi connectivity index (χ2n) is 5.72. The number of likely N-dealkylation sites (tertiary alicyclic amines) is 1. The number of amides is 1. The monoisotopic (exact) mass is 315 g/mol. The number of piperidine rings is 1. The zero-order chi connectivity index (χ0) is 15.5.